The Morgan fingerprint density at radius 2 is 1.59 bits per heavy atom. The normalized spacial score (nSPS) is 11.2. The molecule has 0 unspecified atom stereocenters. The highest BCUT2D eigenvalue weighted by molar-refractivity contribution is 7.92. The van der Waals surface area contributed by atoms with Gasteiger partial charge in [0.15, 0.2) is 11.6 Å². The first-order valence-corrected chi connectivity index (χ1v) is 10.2. The molecule has 3 rings (SSSR count). The summed E-state index contributed by atoms with van der Waals surface area (Å²) in [7, 11) is -1.77. The van der Waals surface area contributed by atoms with Crippen molar-refractivity contribution in [2.24, 2.45) is 0 Å². The molecule has 3 aromatic rings. The van der Waals surface area contributed by atoms with Crippen molar-refractivity contribution in [3.05, 3.63) is 77.9 Å². The first kappa shape index (κ1) is 18.8. The average Bonchev–Trinajstić information content (AvgIpc) is 2.69. The number of nitrogens with zero attached hydrogens (tertiary/aromatic N) is 3. The van der Waals surface area contributed by atoms with Gasteiger partial charge in [0.05, 0.1) is 4.90 Å². The van der Waals surface area contributed by atoms with Crippen LogP contribution in [0.1, 0.15) is 18.1 Å². The van der Waals surface area contributed by atoms with Gasteiger partial charge in [0.1, 0.15) is 0 Å². The van der Waals surface area contributed by atoms with Crippen LogP contribution in [0.2, 0.25) is 0 Å². The number of benzene rings is 2. The molecule has 0 amide bonds. The monoisotopic (exact) mass is 382 g/mol. The maximum absolute atomic E-state index is 12.5. The summed E-state index contributed by atoms with van der Waals surface area (Å²) in [6.45, 7) is 2.71. The topological polar surface area (TPSA) is 75.2 Å². The predicted octanol–water partition coefficient (Wildman–Crippen LogP) is 3.48. The van der Waals surface area contributed by atoms with E-state index < -0.39 is 10.0 Å². The van der Waals surface area contributed by atoms with Gasteiger partial charge in [0.25, 0.3) is 10.0 Å². The van der Waals surface area contributed by atoms with Crippen molar-refractivity contribution in [2.45, 2.75) is 24.8 Å². The van der Waals surface area contributed by atoms with Crippen LogP contribution in [0, 0.1) is 0 Å². The van der Waals surface area contributed by atoms with Crippen molar-refractivity contribution < 1.29 is 8.42 Å². The second kappa shape index (κ2) is 8.18. The molecule has 0 radical (unpaired) electrons. The third-order valence-electron chi connectivity index (χ3n) is 4.18. The van der Waals surface area contributed by atoms with E-state index in [9.17, 15) is 8.42 Å². The van der Waals surface area contributed by atoms with Gasteiger partial charge < -0.3 is 4.90 Å². The fourth-order valence-corrected chi connectivity index (χ4v) is 3.62. The highest BCUT2D eigenvalue weighted by atomic mass is 32.2. The molecular weight excluding hydrogens is 360 g/mol. The lowest BCUT2D eigenvalue weighted by Gasteiger charge is -2.17. The van der Waals surface area contributed by atoms with Crippen LogP contribution in [0.3, 0.4) is 0 Å². The number of nitrogens with one attached hydrogen (secondary N) is 1. The summed E-state index contributed by atoms with van der Waals surface area (Å²) in [6, 6.07) is 20.2. The van der Waals surface area contributed by atoms with Gasteiger partial charge in [-0.1, -0.05) is 49.4 Å². The molecule has 1 aromatic heterocycles. The Morgan fingerprint density at radius 1 is 0.889 bits per heavy atom. The molecule has 0 fully saturated rings. The molecular formula is C20H22N4O2S. The SMILES string of the molecule is CCc1ccc(S(=O)(=O)Nc2ccc(N(C)Cc3ccccc3)nn2)cc1. The molecule has 0 aliphatic rings. The largest absolute Gasteiger partial charge is 0.354 e. The van der Waals surface area contributed by atoms with Crippen LogP contribution in [0.15, 0.2) is 71.6 Å². The number of sulfonamides is 1. The predicted molar refractivity (Wildman–Crippen MR) is 107 cm³/mol. The van der Waals surface area contributed by atoms with E-state index in [4.69, 9.17) is 0 Å². The molecule has 0 aliphatic carbocycles. The molecule has 7 heteroatoms. The van der Waals surface area contributed by atoms with E-state index in [0.717, 1.165) is 17.5 Å². The van der Waals surface area contributed by atoms with Gasteiger partial charge in [-0.3, -0.25) is 4.72 Å². The summed E-state index contributed by atoms with van der Waals surface area (Å²) in [4.78, 5) is 2.15. The Labute approximate surface area is 159 Å². The van der Waals surface area contributed by atoms with E-state index >= 15 is 0 Å². The van der Waals surface area contributed by atoms with Gasteiger partial charge in [-0.05, 0) is 41.8 Å². The third kappa shape index (κ3) is 4.83. The van der Waals surface area contributed by atoms with E-state index in [1.807, 2.05) is 61.3 Å². The quantitative estimate of drug-likeness (QED) is 0.677. The summed E-state index contributed by atoms with van der Waals surface area (Å²) < 4.78 is 27.4. The van der Waals surface area contributed by atoms with Crippen molar-refractivity contribution in [3.63, 3.8) is 0 Å². The Bertz CT molecular complexity index is 973. The van der Waals surface area contributed by atoms with E-state index in [1.54, 1.807) is 24.3 Å². The van der Waals surface area contributed by atoms with Crippen LogP contribution < -0.4 is 9.62 Å². The highest BCUT2D eigenvalue weighted by Gasteiger charge is 2.15. The van der Waals surface area contributed by atoms with E-state index in [0.29, 0.717) is 12.4 Å². The fourth-order valence-electron chi connectivity index (χ4n) is 2.62. The second-order valence-electron chi connectivity index (χ2n) is 6.22. The van der Waals surface area contributed by atoms with Crippen molar-refractivity contribution in [1.82, 2.24) is 10.2 Å². The van der Waals surface area contributed by atoms with Gasteiger partial charge in [-0.25, -0.2) is 8.42 Å². The standard InChI is InChI=1S/C20H22N4O2S/c1-3-16-9-11-18(12-10-16)27(25,26)23-19-13-14-20(22-21-19)24(2)15-17-7-5-4-6-8-17/h4-14H,3,15H2,1-2H3,(H,21,23). The Balaban J connectivity index is 1.69. The van der Waals surface area contributed by atoms with Crippen molar-refractivity contribution in [3.8, 4) is 0 Å². The molecule has 1 heterocycles. The van der Waals surface area contributed by atoms with Crippen LogP contribution in [-0.4, -0.2) is 25.7 Å². The molecule has 0 spiro atoms. The van der Waals surface area contributed by atoms with Gasteiger partial charge in [0.2, 0.25) is 0 Å². The van der Waals surface area contributed by atoms with Gasteiger partial charge >= 0.3 is 0 Å². The maximum Gasteiger partial charge on any atom is 0.263 e. The molecule has 1 N–H and O–H groups in total. The van der Waals surface area contributed by atoms with E-state index in [1.165, 1.54) is 0 Å². The molecule has 0 saturated heterocycles. The number of rotatable bonds is 7. The summed E-state index contributed by atoms with van der Waals surface area (Å²) >= 11 is 0. The number of aromatic nitrogens is 2. The number of hydrogen-bond acceptors (Lipinski definition) is 5. The van der Waals surface area contributed by atoms with Crippen molar-refractivity contribution in [1.29, 1.82) is 0 Å². The lowest BCUT2D eigenvalue weighted by atomic mass is 10.2. The zero-order valence-electron chi connectivity index (χ0n) is 15.3. The summed E-state index contributed by atoms with van der Waals surface area (Å²) in [5.41, 5.74) is 2.24. The first-order valence-electron chi connectivity index (χ1n) is 8.68. The van der Waals surface area contributed by atoms with Crippen LogP contribution in [0.4, 0.5) is 11.6 Å². The first-order chi connectivity index (χ1) is 13.0. The summed E-state index contributed by atoms with van der Waals surface area (Å²) in [5.74, 6) is 0.848. The lowest BCUT2D eigenvalue weighted by Crippen LogP contribution is -2.19. The minimum atomic E-state index is -3.69. The van der Waals surface area contributed by atoms with Gasteiger partial charge in [0, 0.05) is 13.6 Å². The zero-order valence-corrected chi connectivity index (χ0v) is 16.1. The Hall–Kier alpha value is -2.93. The van der Waals surface area contributed by atoms with Gasteiger partial charge in [-0.15, -0.1) is 10.2 Å². The Kier molecular flexibility index (Phi) is 5.71. The molecule has 0 aliphatic heterocycles. The van der Waals surface area contributed by atoms with Crippen molar-refractivity contribution >= 4 is 21.7 Å². The van der Waals surface area contributed by atoms with E-state index in [2.05, 4.69) is 14.9 Å². The van der Waals surface area contributed by atoms with Crippen molar-refractivity contribution in [2.75, 3.05) is 16.7 Å². The number of anilines is 2. The highest BCUT2D eigenvalue weighted by Crippen LogP contribution is 2.17. The molecule has 140 valence electrons. The molecule has 0 atom stereocenters. The van der Waals surface area contributed by atoms with Crippen LogP contribution in [-0.2, 0) is 23.0 Å². The molecule has 6 nitrogen and oxygen atoms in total. The lowest BCUT2D eigenvalue weighted by molar-refractivity contribution is 0.601. The fraction of sp³-hybridized carbons (Fsp3) is 0.200. The molecule has 2 aromatic carbocycles. The Morgan fingerprint density at radius 3 is 2.19 bits per heavy atom. The summed E-state index contributed by atoms with van der Waals surface area (Å²) in [6.07, 6.45) is 0.858. The molecule has 0 bridgehead atoms. The molecule has 27 heavy (non-hydrogen) atoms. The number of hydrogen-bond donors (Lipinski definition) is 1. The summed E-state index contributed by atoms with van der Waals surface area (Å²) in [5, 5.41) is 8.13. The number of aryl methyl sites for hydroxylation is 1. The minimum Gasteiger partial charge on any atom is -0.354 e. The van der Waals surface area contributed by atoms with Crippen LogP contribution in [0.5, 0.6) is 0 Å². The van der Waals surface area contributed by atoms with Crippen LogP contribution in [0.25, 0.3) is 0 Å². The maximum atomic E-state index is 12.5. The minimum absolute atomic E-state index is 0.187. The van der Waals surface area contributed by atoms with Crippen LogP contribution >= 0.6 is 0 Å². The van der Waals surface area contributed by atoms with Gasteiger partial charge in [-0.2, -0.15) is 0 Å². The average molecular weight is 382 g/mol. The smallest absolute Gasteiger partial charge is 0.263 e. The van der Waals surface area contributed by atoms with E-state index in [-0.39, 0.29) is 10.7 Å². The molecule has 0 saturated carbocycles. The second-order valence-corrected chi connectivity index (χ2v) is 7.90. The third-order valence-corrected chi connectivity index (χ3v) is 5.56. The zero-order chi connectivity index (χ0) is 19.3.